The number of hydrogen-bond acceptors (Lipinski definition) is 4. The van der Waals surface area contributed by atoms with Crippen molar-refractivity contribution in [3.63, 3.8) is 0 Å². The van der Waals surface area contributed by atoms with Gasteiger partial charge < -0.3 is 15.4 Å². The molecule has 17 heavy (non-hydrogen) atoms. The zero-order chi connectivity index (χ0) is 12.7. The number of pyridine rings is 1. The van der Waals surface area contributed by atoms with Crippen molar-refractivity contribution in [3.05, 3.63) is 17.7 Å². The molecule has 6 heteroatoms. The molecule has 0 bridgehead atoms. The summed E-state index contributed by atoms with van der Waals surface area (Å²) in [6.07, 6.45) is 0. The number of rotatable bonds is 7. The van der Waals surface area contributed by atoms with Crippen LogP contribution in [0.5, 0.6) is 0 Å². The molecule has 0 radical (unpaired) electrons. The lowest BCUT2D eigenvalue weighted by atomic mass is 10.4. The van der Waals surface area contributed by atoms with E-state index in [-0.39, 0.29) is 11.6 Å². The highest BCUT2D eigenvalue weighted by molar-refractivity contribution is 5.47. The molecule has 0 spiro atoms. The summed E-state index contributed by atoms with van der Waals surface area (Å²) in [5, 5.41) is 5.48. The minimum absolute atomic E-state index is 0.0297. The van der Waals surface area contributed by atoms with Crippen molar-refractivity contribution in [2.45, 2.75) is 13.8 Å². The number of ether oxygens (including phenoxy) is 1. The molecular weight excluding hydrogens is 228 g/mol. The van der Waals surface area contributed by atoms with Crippen LogP contribution in [0.1, 0.15) is 13.8 Å². The first-order valence-corrected chi connectivity index (χ1v) is 5.60. The average Bonchev–Trinajstić information content (AvgIpc) is 2.30. The number of nitrogens with zero attached hydrogens (tertiary/aromatic N) is 1. The van der Waals surface area contributed by atoms with Crippen LogP contribution in [-0.2, 0) is 4.74 Å². The smallest absolute Gasteiger partial charge is 0.168 e. The Morgan fingerprint density at radius 1 is 1.18 bits per heavy atom. The first-order chi connectivity index (χ1) is 8.19. The standard InChI is InChI=1S/C11H17F2N3O/c1-3-14-10-8(12)7-9(13)11(16-10)15-5-6-17-4-2/h7H,3-6H2,1-2H3,(H2,14,15,16). The van der Waals surface area contributed by atoms with Crippen molar-refractivity contribution in [1.29, 1.82) is 0 Å². The highest BCUT2D eigenvalue weighted by Crippen LogP contribution is 2.18. The highest BCUT2D eigenvalue weighted by Gasteiger charge is 2.10. The van der Waals surface area contributed by atoms with E-state index in [1.54, 1.807) is 0 Å². The van der Waals surface area contributed by atoms with Crippen molar-refractivity contribution in [3.8, 4) is 0 Å². The lowest BCUT2D eigenvalue weighted by molar-refractivity contribution is 0.158. The molecule has 96 valence electrons. The third-order valence-corrected chi connectivity index (χ3v) is 2.02. The molecule has 0 atom stereocenters. The Kier molecular flexibility index (Phi) is 5.62. The van der Waals surface area contributed by atoms with Crippen LogP contribution in [-0.4, -0.2) is 31.3 Å². The number of halogens is 2. The summed E-state index contributed by atoms with van der Waals surface area (Å²) in [5.74, 6) is -1.32. The Balaban J connectivity index is 2.66. The fourth-order valence-corrected chi connectivity index (χ4v) is 1.27. The van der Waals surface area contributed by atoms with E-state index in [2.05, 4.69) is 15.6 Å². The Labute approximate surface area is 99.4 Å². The Hall–Kier alpha value is -1.43. The van der Waals surface area contributed by atoms with Gasteiger partial charge in [0.25, 0.3) is 0 Å². The minimum Gasteiger partial charge on any atom is -0.380 e. The monoisotopic (exact) mass is 245 g/mol. The van der Waals surface area contributed by atoms with Crippen LogP contribution in [0.4, 0.5) is 20.4 Å². The van der Waals surface area contributed by atoms with Gasteiger partial charge in [0.2, 0.25) is 0 Å². The second-order valence-corrected chi connectivity index (χ2v) is 3.30. The van der Waals surface area contributed by atoms with E-state index >= 15 is 0 Å². The summed E-state index contributed by atoms with van der Waals surface area (Å²) in [7, 11) is 0. The topological polar surface area (TPSA) is 46.2 Å². The Morgan fingerprint density at radius 2 is 1.82 bits per heavy atom. The molecule has 2 N–H and O–H groups in total. The number of anilines is 2. The summed E-state index contributed by atoms with van der Waals surface area (Å²) in [6, 6.07) is 0.813. The molecule has 0 saturated heterocycles. The zero-order valence-electron chi connectivity index (χ0n) is 10.0. The van der Waals surface area contributed by atoms with Gasteiger partial charge in [-0.3, -0.25) is 0 Å². The van der Waals surface area contributed by atoms with E-state index in [1.165, 1.54) is 0 Å². The summed E-state index contributed by atoms with van der Waals surface area (Å²) in [4.78, 5) is 3.83. The van der Waals surface area contributed by atoms with Gasteiger partial charge in [0.1, 0.15) is 0 Å². The van der Waals surface area contributed by atoms with E-state index in [0.717, 1.165) is 6.07 Å². The molecule has 0 aliphatic heterocycles. The number of aromatic nitrogens is 1. The molecule has 0 unspecified atom stereocenters. The number of hydrogen-bond donors (Lipinski definition) is 2. The summed E-state index contributed by atoms with van der Waals surface area (Å²) < 4.78 is 31.7. The van der Waals surface area contributed by atoms with E-state index in [0.29, 0.717) is 26.3 Å². The van der Waals surface area contributed by atoms with E-state index in [9.17, 15) is 8.78 Å². The second kappa shape index (κ2) is 7.01. The van der Waals surface area contributed by atoms with Gasteiger partial charge in [-0.05, 0) is 13.8 Å². The van der Waals surface area contributed by atoms with Gasteiger partial charge >= 0.3 is 0 Å². The van der Waals surface area contributed by atoms with E-state index in [1.807, 2.05) is 13.8 Å². The van der Waals surface area contributed by atoms with Crippen LogP contribution < -0.4 is 10.6 Å². The summed E-state index contributed by atoms with van der Waals surface area (Å²) in [5.41, 5.74) is 0. The molecule has 1 aromatic rings. The van der Waals surface area contributed by atoms with Gasteiger partial charge in [-0.25, -0.2) is 13.8 Å². The summed E-state index contributed by atoms with van der Waals surface area (Å²) in [6.45, 7) is 5.69. The molecular formula is C11H17F2N3O. The molecule has 1 heterocycles. The molecule has 1 aromatic heterocycles. The van der Waals surface area contributed by atoms with Crippen LogP contribution in [0, 0.1) is 11.6 Å². The lowest BCUT2D eigenvalue weighted by Crippen LogP contribution is -2.13. The molecule has 0 aliphatic rings. The SMILES string of the molecule is CCNc1nc(NCCOCC)c(F)cc1F. The molecule has 0 fully saturated rings. The zero-order valence-corrected chi connectivity index (χ0v) is 10.0. The second-order valence-electron chi connectivity index (χ2n) is 3.30. The highest BCUT2D eigenvalue weighted by atomic mass is 19.1. The van der Waals surface area contributed by atoms with Crippen LogP contribution in [0.15, 0.2) is 6.07 Å². The maximum absolute atomic E-state index is 13.3. The molecule has 0 aliphatic carbocycles. The third kappa shape index (κ3) is 4.14. The van der Waals surface area contributed by atoms with Crippen molar-refractivity contribution < 1.29 is 13.5 Å². The van der Waals surface area contributed by atoms with Gasteiger partial charge in [0, 0.05) is 25.8 Å². The van der Waals surface area contributed by atoms with Crippen molar-refractivity contribution in [2.75, 3.05) is 36.9 Å². The Morgan fingerprint density at radius 3 is 2.41 bits per heavy atom. The largest absolute Gasteiger partial charge is 0.380 e. The van der Waals surface area contributed by atoms with Gasteiger partial charge in [-0.2, -0.15) is 0 Å². The fourth-order valence-electron chi connectivity index (χ4n) is 1.27. The van der Waals surface area contributed by atoms with E-state index < -0.39 is 11.6 Å². The quantitative estimate of drug-likeness (QED) is 0.723. The first-order valence-electron chi connectivity index (χ1n) is 5.60. The maximum atomic E-state index is 13.3. The molecule has 0 aromatic carbocycles. The predicted octanol–water partition coefficient (Wildman–Crippen LogP) is 2.24. The van der Waals surface area contributed by atoms with Crippen LogP contribution in [0.3, 0.4) is 0 Å². The van der Waals surface area contributed by atoms with Gasteiger partial charge in [0.05, 0.1) is 6.61 Å². The van der Waals surface area contributed by atoms with Crippen LogP contribution in [0.2, 0.25) is 0 Å². The normalized spacial score (nSPS) is 10.4. The molecule has 0 amide bonds. The third-order valence-electron chi connectivity index (χ3n) is 2.02. The minimum atomic E-state index is -0.708. The van der Waals surface area contributed by atoms with Gasteiger partial charge in [-0.15, -0.1) is 0 Å². The fraction of sp³-hybridized carbons (Fsp3) is 0.545. The predicted molar refractivity (Wildman–Crippen MR) is 63.3 cm³/mol. The summed E-state index contributed by atoms with van der Waals surface area (Å²) >= 11 is 0. The van der Waals surface area contributed by atoms with Crippen LogP contribution >= 0.6 is 0 Å². The van der Waals surface area contributed by atoms with Crippen molar-refractivity contribution in [1.82, 2.24) is 4.98 Å². The maximum Gasteiger partial charge on any atom is 0.168 e. The lowest BCUT2D eigenvalue weighted by Gasteiger charge is -2.10. The van der Waals surface area contributed by atoms with Gasteiger partial charge in [-0.1, -0.05) is 0 Å². The van der Waals surface area contributed by atoms with Crippen LogP contribution in [0.25, 0.3) is 0 Å². The van der Waals surface area contributed by atoms with E-state index in [4.69, 9.17) is 4.74 Å². The first kappa shape index (κ1) is 13.6. The average molecular weight is 245 g/mol. The van der Waals surface area contributed by atoms with Crippen molar-refractivity contribution in [2.24, 2.45) is 0 Å². The van der Waals surface area contributed by atoms with Gasteiger partial charge in [0.15, 0.2) is 23.3 Å². The molecule has 1 rings (SSSR count). The molecule has 4 nitrogen and oxygen atoms in total. The Bertz CT molecular complexity index is 361. The number of nitrogens with one attached hydrogen (secondary N) is 2. The van der Waals surface area contributed by atoms with Crippen molar-refractivity contribution >= 4 is 11.6 Å². The molecule has 0 saturated carbocycles.